The first-order chi connectivity index (χ1) is 13.5. The molecule has 2 atom stereocenters. The summed E-state index contributed by atoms with van der Waals surface area (Å²) in [5.41, 5.74) is 2.30. The topological polar surface area (TPSA) is 73.7 Å². The number of thiazole rings is 1. The maximum atomic E-state index is 12.2. The Bertz CT molecular complexity index is 821. The molecule has 5 nitrogen and oxygen atoms in total. The Morgan fingerprint density at radius 3 is 3.07 bits per heavy atom. The monoisotopic (exact) mass is 418 g/mol. The highest BCUT2D eigenvalue weighted by Crippen LogP contribution is 2.26. The van der Waals surface area contributed by atoms with Crippen LogP contribution in [0.1, 0.15) is 28.8 Å². The second-order valence-corrected chi connectivity index (χ2v) is 9.39. The van der Waals surface area contributed by atoms with Gasteiger partial charge in [0.05, 0.1) is 23.6 Å². The third kappa shape index (κ3) is 5.91. The summed E-state index contributed by atoms with van der Waals surface area (Å²) in [6, 6.07) is 8.20. The summed E-state index contributed by atoms with van der Waals surface area (Å²) in [5.74, 6) is 0.930. The molecule has 3 rings (SSSR count). The zero-order chi connectivity index (χ0) is 19.9. The summed E-state index contributed by atoms with van der Waals surface area (Å²) in [4.78, 5) is 19.2. The molecule has 1 aliphatic rings. The molecular weight excluding hydrogens is 392 g/mol. The number of thioether (sulfide) groups is 1. The number of aryl methyl sites for hydroxylation is 1. The van der Waals surface area contributed by atoms with Gasteiger partial charge in [0, 0.05) is 31.3 Å². The second kappa shape index (κ2) is 10.2. The number of aliphatic hydroxyl groups excluding tert-OH is 2. The van der Waals surface area contributed by atoms with E-state index in [1.165, 1.54) is 16.9 Å². The van der Waals surface area contributed by atoms with Crippen molar-refractivity contribution in [1.82, 2.24) is 9.88 Å². The molecule has 7 heteroatoms. The van der Waals surface area contributed by atoms with Gasteiger partial charge in [-0.15, -0.1) is 11.3 Å². The van der Waals surface area contributed by atoms with Crippen molar-refractivity contribution < 1.29 is 15.0 Å². The number of benzene rings is 1. The summed E-state index contributed by atoms with van der Waals surface area (Å²) in [5, 5.41) is 19.4. The first-order valence-electron chi connectivity index (χ1n) is 9.45. The first kappa shape index (κ1) is 21.0. The molecule has 0 aliphatic carbocycles. The predicted octanol–water partition coefficient (Wildman–Crippen LogP) is 3.19. The molecule has 0 unspecified atom stereocenters. The zero-order valence-corrected chi connectivity index (χ0v) is 17.6. The number of hydrogen-bond acceptors (Lipinski definition) is 6. The molecule has 1 aromatic heterocycles. The average Bonchev–Trinajstić information content (AvgIpc) is 3.27. The number of amides is 1. The van der Waals surface area contributed by atoms with Gasteiger partial charge in [-0.25, -0.2) is 4.98 Å². The Labute approximate surface area is 174 Å². The minimum atomic E-state index is -0.555. The molecular formula is C21H26N2O3S2. The molecule has 150 valence electrons. The molecule has 2 N–H and O–H groups in total. The number of aromatic nitrogens is 1. The van der Waals surface area contributed by atoms with Crippen LogP contribution in [0.4, 0.5) is 0 Å². The molecule has 0 radical (unpaired) electrons. The zero-order valence-electron chi connectivity index (χ0n) is 16.0. The van der Waals surface area contributed by atoms with Gasteiger partial charge in [-0.1, -0.05) is 53.7 Å². The van der Waals surface area contributed by atoms with Gasteiger partial charge in [0.25, 0.3) is 0 Å². The molecule has 2 heterocycles. The Balaban J connectivity index is 1.50. The molecule has 2 aromatic rings. The van der Waals surface area contributed by atoms with E-state index in [-0.39, 0.29) is 18.6 Å². The van der Waals surface area contributed by atoms with Gasteiger partial charge in [-0.3, -0.25) is 4.79 Å². The van der Waals surface area contributed by atoms with Gasteiger partial charge >= 0.3 is 0 Å². The van der Waals surface area contributed by atoms with Gasteiger partial charge in [-0.2, -0.15) is 0 Å². The lowest BCUT2D eigenvalue weighted by Gasteiger charge is -2.22. The molecule has 28 heavy (non-hydrogen) atoms. The van der Waals surface area contributed by atoms with Crippen molar-refractivity contribution in [2.75, 3.05) is 12.3 Å². The average molecular weight is 419 g/mol. The lowest BCUT2D eigenvalue weighted by molar-refractivity contribution is -0.128. The van der Waals surface area contributed by atoms with Gasteiger partial charge in [0.1, 0.15) is 4.34 Å². The summed E-state index contributed by atoms with van der Waals surface area (Å²) in [6.45, 7) is 2.71. The third-order valence-electron chi connectivity index (χ3n) is 4.70. The fourth-order valence-corrected chi connectivity index (χ4v) is 5.21. The Morgan fingerprint density at radius 2 is 2.32 bits per heavy atom. The molecule has 0 bridgehead atoms. The van der Waals surface area contributed by atoms with Crippen LogP contribution in [0.3, 0.4) is 0 Å². The number of likely N-dealkylation sites (tertiary alicyclic amines) is 1. The van der Waals surface area contributed by atoms with Crippen LogP contribution in [0.2, 0.25) is 0 Å². The minimum Gasteiger partial charge on any atom is -0.391 e. The van der Waals surface area contributed by atoms with Crippen molar-refractivity contribution in [3.05, 3.63) is 58.6 Å². The predicted molar refractivity (Wildman–Crippen MR) is 114 cm³/mol. The van der Waals surface area contributed by atoms with E-state index in [4.69, 9.17) is 5.11 Å². The minimum absolute atomic E-state index is 0.0145. The highest BCUT2D eigenvalue weighted by molar-refractivity contribution is 8.01. The molecule has 0 saturated carbocycles. The van der Waals surface area contributed by atoms with Crippen LogP contribution in [0.15, 0.2) is 47.0 Å². The first-order valence-corrected chi connectivity index (χ1v) is 11.2. The maximum Gasteiger partial charge on any atom is 0.223 e. The van der Waals surface area contributed by atoms with Crippen molar-refractivity contribution in [3.63, 3.8) is 0 Å². The van der Waals surface area contributed by atoms with Gasteiger partial charge < -0.3 is 15.1 Å². The highest BCUT2D eigenvalue weighted by Gasteiger charge is 2.28. The van der Waals surface area contributed by atoms with Crippen molar-refractivity contribution in [2.24, 2.45) is 0 Å². The van der Waals surface area contributed by atoms with Gasteiger partial charge in [-0.05, 0) is 18.9 Å². The third-order valence-corrected chi connectivity index (χ3v) is 6.82. The molecule has 1 amide bonds. The van der Waals surface area contributed by atoms with Gasteiger partial charge in [0.2, 0.25) is 5.91 Å². The standard InChI is InChI=1S/C21H26N2O3S2/c1-15-3-2-4-16(11-15)12-18(25)7-5-17-6-8-20(26)23(17)9-10-27-21-22-13-19(14-24)28-21/h2-5,7,11,13,17-18,24-25H,6,8-10,12,14H2,1H3/b7-5+/t17-,18+/m0/s1. The van der Waals surface area contributed by atoms with Crippen molar-refractivity contribution >= 4 is 29.0 Å². The number of carbonyl (C=O) groups excluding carboxylic acids is 1. The molecule has 1 saturated heterocycles. The SMILES string of the molecule is Cc1cccc(C[C@H](O)/C=C/[C@H]2CCC(=O)N2CCSc2ncc(CO)s2)c1. The van der Waals surface area contributed by atoms with Crippen LogP contribution in [-0.4, -0.2) is 50.4 Å². The molecule has 1 aliphatic heterocycles. The second-order valence-electron chi connectivity index (χ2n) is 6.94. The van der Waals surface area contributed by atoms with Crippen molar-refractivity contribution in [3.8, 4) is 0 Å². The van der Waals surface area contributed by atoms with Crippen molar-refractivity contribution in [1.29, 1.82) is 0 Å². The number of hydrogen-bond donors (Lipinski definition) is 2. The number of nitrogens with zero attached hydrogens (tertiary/aromatic N) is 2. The van der Waals surface area contributed by atoms with E-state index in [1.807, 2.05) is 42.2 Å². The Morgan fingerprint density at radius 1 is 1.46 bits per heavy atom. The van der Waals surface area contributed by atoms with E-state index in [2.05, 4.69) is 11.1 Å². The van der Waals surface area contributed by atoms with Crippen LogP contribution >= 0.6 is 23.1 Å². The van der Waals surface area contributed by atoms with E-state index in [9.17, 15) is 9.90 Å². The summed E-state index contributed by atoms with van der Waals surface area (Å²) in [6.07, 6.45) is 6.86. The molecule has 0 spiro atoms. The van der Waals surface area contributed by atoms with Crippen LogP contribution in [0, 0.1) is 6.92 Å². The van der Waals surface area contributed by atoms with E-state index in [0.29, 0.717) is 19.4 Å². The quantitative estimate of drug-likeness (QED) is 0.483. The maximum absolute atomic E-state index is 12.2. The Kier molecular flexibility index (Phi) is 7.67. The van der Waals surface area contributed by atoms with Crippen LogP contribution in [0.5, 0.6) is 0 Å². The molecule has 1 aromatic carbocycles. The van der Waals surface area contributed by atoms with E-state index >= 15 is 0 Å². The molecule has 1 fully saturated rings. The van der Waals surface area contributed by atoms with Crippen LogP contribution in [-0.2, 0) is 17.8 Å². The summed E-state index contributed by atoms with van der Waals surface area (Å²) >= 11 is 3.09. The number of rotatable bonds is 9. The van der Waals surface area contributed by atoms with Crippen LogP contribution < -0.4 is 0 Å². The van der Waals surface area contributed by atoms with E-state index in [1.54, 1.807) is 18.0 Å². The highest BCUT2D eigenvalue weighted by atomic mass is 32.2. The summed E-state index contributed by atoms with van der Waals surface area (Å²) in [7, 11) is 0. The Hall–Kier alpha value is -1.67. The number of carbonyl (C=O) groups is 1. The summed E-state index contributed by atoms with van der Waals surface area (Å²) < 4.78 is 0.913. The van der Waals surface area contributed by atoms with E-state index in [0.717, 1.165) is 27.0 Å². The normalized spacial score (nSPS) is 18.3. The number of aliphatic hydroxyl groups is 2. The van der Waals surface area contributed by atoms with E-state index < -0.39 is 6.10 Å². The van der Waals surface area contributed by atoms with Crippen molar-refractivity contribution in [2.45, 2.75) is 49.3 Å². The lowest BCUT2D eigenvalue weighted by atomic mass is 10.0. The largest absolute Gasteiger partial charge is 0.391 e. The van der Waals surface area contributed by atoms with Crippen LogP contribution in [0.25, 0.3) is 0 Å². The smallest absolute Gasteiger partial charge is 0.223 e. The fourth-order valence-electron chi connectivity index (χ4n) is 3.31. The lowest BCUT2D eigenvalue weighted by Crippen LogP contribution is -2.33. The van der Waals surface area contributed by atoms with Gasteiger partial charge in [0.15, 0.2) is 0 Å². The fraction of sp³-hybridized carbons (Fsp3) is 0.429.